The Labute approximate surface area is 133 Å². The number of anilines is 1. The molecule has 0 saturated carbocycles. The molecule has 0 N–H and O–H groups in total. The summed E-state index contributed by atoms with van der Waals surface area (Å²) in [4.78, 5) is 13.6. The van der Waals surface area contributed by atoms with Crippen molar-refractivity contribution in [3.8, 4) is 0 Å². The summed E-state index contributed by atoms with van der Waals surface area (Å²) in [5.74, 6) is 0. The average molecular weight is 342 g/mol. The molecule has 0 spiro atoms. The number of aldehydes is 1. The summed E-state index contributed by atoms with van der Waals surface area (Å²) in [5.41, 5.74) is 4.20. The van der Waals surface area contributed by atoms with Crippen LogP contribution < -0.4 is 4.90 Å². The van der Waals surface area contributed by atoms with Crippen LogP contribution in [-0.2, 0) is 11.2 Å². The highest BCUT2D eigenvalue weighted by Crippen LogP contribution is 2.37. The third kappa shape index (κ3) is 2.66. The Balaban J connectivity index is 2.06. The van der Waals surface area contributed by atoms with Gasteiger partial charge in [0.05, 0.1) is 6.04 Å². The van der Waals surface area contributed by atoms with E-state index in [4.69, 9.17) is 0 Å². The summed E-state index contributed by atoms with van der Waals surface area (Å²) >= 11 is 3.46. The van der Waals surface area contributed by atoms with Gasteiger partial charge in [-0.05, 0) is 41.8 Å². The lowest BCUT2D eigenvalue weighted by Crippen LogP contribution is -2.36. The van der Waals surface area contributed by atoms with Gasteiger partial charge in [0, 0.05) is 22.3 Å². The second kappa shape index (κ2) is 5.86. The van der Waals surface area contributed by atoms with Gasteiger partial charge in [0.25, 0.3) is 0 Å². The number of halogens is 1. The molecule has 1 atom stereocenters. The average Bonchev–Trinajstić information content (AvgIpc) is 2.54. The summed E-state index contributed by atoms with van der Waals surface area (Å²) in [6.07, 6.45) is 1.85. The lowest BCUT2D eigenvalue weighted by atomic mass is 9.88. The van der Waals surface area contributed by atoms with Crippen LogP contribution in [0.3, 0.4) is 0 Å². The molecule has 2 nitrogen and oxygen atoms in total. The Morgan fingerprint density at radius 1 is 1.19 bits per heavy atom. The van der Waals surface area contributed by atoms with Gasteiger partial charge in [-0.25, -0.2) is 0 Å². The number of rotatable bonds is 3. The number of hydrogen-bond acceptors (Lipinski definition) is 2. The van der Waals surface area contributed by atoms with Crippen molar-refractivity contribution in [2.75, 3.05) is 11.4 Å². The van der Waals surface area contributed by atoms with E-state index in [2.05, 4.69) is 57.7 Å². The second-order valence-electron chi connectivity index (χ2n) is 5.21. The molecule has 3 rings (SSSR count). The van der Waals surface area contributed by atoms with Gasteiger partial charge >= 0.3 is 0 Å². The fourth-order valence-electron chi connectivity index (χ4n) is 2.94. The zero-order chi connectivity index (χ0) is 14.8. The third-order valence-corrected chi connectivity index (χ3v) is 4.47. The van der Waals surface area contributed by atoms with Gasteiger partial charge in [0.15, 0.2) is 0 Å². The fourth-order valence-corrected chi connectivity index (χ4v) is 3.21. The van der Waals surface area contributed by atoms with Gasteiger partial charge in [-0.2, -0.15) is 0 Å². The summed E-state index contributed by atoms with van der Waals surface area (Å²) in [6.45, 7) is 4.86. The minimum Gasteiger partial charge on any atom is -0.360 e. The molecular formula is C18H16BrNO. The fraction of sp³-hybridized carbons (Fsp3) is 0.167. The maximum absolute atomic E-state index is 11.3. The van der Waals surface area contributed by atoms with E-state index < -0.39 is 0 Å². The van der Waals surface area contributed by atoms with Gasteiger partial charge in [0.2, 0.25) is 0 Å². The van der Waals surface area contributed by atoms with Crippen molar-refractivity contribution in [1.29, 1.82) is 0 Å². The molecule has 0 amide bonds. The highest BCUT2D eigenvalue weighted by molar-refractivity contribution is 9.10. The van der Waals surface area contributed by atoms with E-state index in [1.54, 1.807) is 0 Å². The van der Waals surface area contributed by atoms with Gasteiger partial charge in [-0.15, -0.1) is 0 Å². The van der Waals surface area contributed by atoms with Crippen LogP contribution in [-0.4, -0.2) is 12.8 Å². The van der Waals surface area contributed by atoms with Crippen LogP contribution in [0.4, 0.5) is 5.69 Å². The summed E-state index contributed by atoms with van der Waals surface area (Å²) in [5, 5.41) is 0. The van der Waals surface area contributed by atoms with Crippen LogP contribution in [0.15, 0.2) is 65.2 Å². The Bertz CT molecular complexity index is 678. The Morgan fingerprint density at radius 3 is 2.62 bits per heavy atom. The van der Waals surface area contributed by atoms with E-state index in [0.29, 0.717) is 5.57 Å². The molecule has 2 aromatic carbocycles. The number of nitrogens with zero attached hydrogens (tertiary/aromatic N) is 1. The maximum Gasteiger partial charge on any atom is 0.147 e. The van der Waals surface area contributed by atoms with E-state index in [1.807, 2.05) is 18.2 Å². The second-order valence-corrected chi connectivity index (χ2v) is 6.13. The number of fused-ring (bicyclic) bond motifs is 1. The molecule has 1 heterocycles. The van der Waals surface area contributed by atoms with Crippen LogP contribution in [0.2, 0.25) is 0 Å². The maximum atomic E-state index is 11.3. The minimum absolute atomic E-state index is 0.0753. The first-order valence-corrected chi connectivity index (χ1v) is 7.74. The first-order chi connectivity index (χ1) is 10.2. The lowest BCUT2D eigenvalue weighted by Gasteiger charge is -2.39. The molecular weight excluding hydrogens is 326 g/mol. The molecule has 1 aliphatic rings. The van der Waals surface area contributed by atoms with E-state index in [-0.39, 0.29) is 6.04 Å². The van der Waals surface area contributed by atoms with E-state index in [1.165, 1.54) is 11.1 Å². The van der Waals surface area contributed by atoms with Crippen molar-refractivity contribution in [2.24, 2.45) is 0 Å². The van der Waals surface area contributed by atoms with Crippen molar-refractivity contribution < 1.29 is 4.79 Å². The zero-order valence-corrected chi connectivity index (χ0v) is 13.2. The van der Waals surface area contributed by atoms with E-state index in [9.17, 15) is 4.79 Å². The molecule has 3 heteroatoms. The van der Waals surface area contributed by atoms with Crippen LogP contribution in [0.5, 0.6) is 0 Å². The molecule has 0 saturated heterocycles. The SMILES string of the molecule is C=C(C=O)[C@H]1c2ccccc2CCN1c1ccc(Br)cc1. The molecule has 0 bridgehead atoms. The number of hydrogen-bond donors (Lipinski definition) is 0. The van der Waals surface area contributed by atoms with Gasteiger partial charge in [-0.3, -0.25) is 4.79 Å². The van der Waals surface area contributed by atoms with Crippen molar-refractivity contribution in [1.82, 2.24) is 0 Å². The molecule has 0 aromatic heterocycles. The quantitative estimate of drug-likeness (QED) is 0.612. The molecule has 106 valence electrons. The highest BCUT2D eigenvalue weighted by atomic mass is 79.9. The molecule has 0 aliphatic carbocycles. The first kappa shape index (κ1) is 14.1. The molecule has 1 aliphatic heterocycles. The Hall–Kier alpha value is -1.87. The lowest BCUT2D eigenvalue weighted by molar-refractivity contribution is -0.105. The van der Waals surface area contributed by atoms with Gasteiger partial charge < -0.3 is 4.90 Å². The first-order valence-electron chi connectivity index (χ1n) is 6.94. The van der Waals surface area contributed by atoms with Crippen molar-refractivity contribution in [2.45, 2.75) is 12.5 Å². The molecule has 0 unspecified atom stereocenters. The molecule has 0 fully saturated rings. The minimum atomic E-state index is -0.0753. The summed E-state index contributed by atoms with van der Waals surface area (Å²) < 4.78 is 1.05. The van der Waals surface area contributed by atoms with Crippen molar-refractivity contribution >= 4 is 27.9 Å². The number of carbonyl (C=O) groups excluding carboxylic acids is 1. The summed E-state index contributed by atoms with van der Waals surface area (Å²) in [7, 11) is 0. The topological polar surface area (TPSA) is 20.3 Å². The number of benzene rings is 2. The third-order valence-electron chi connectivity index (χ3n) is 3.94. The Morgan fingerprint density at radius 2 is 1.90 bits per heavy atom. The van der Waals surface area contributed by atoms with Crippen molar-refractivity contribution in [3.63, 3.8) is 0 Å². The smallest absolute Gasteiger partial charge is 0.147 e. The van der Waals surface area contributed by atoms with Crippen LogP contribution in [0, 0.1) is 0 Å². The normalized spacial score (nSPS) is 17.2. The van der Waals surface area contributed by atoms with Crippen molar-refractivity contribution in [3.05, 3.63) is 76.3 Å². The Kier molecular flexibility index (Phi) is 3.93. The standard InChI is InChI=1S/C18H16BrNO/c1-13(12-21)18-17-5-3-2-4-14(17)10-11-20(18)16-8-6-15(19)7-9-16/h2-9,12,18H,1,10-11H2/t18-/m0/s1. The summed E-state index contributed by atoms with van der Waals surface area (Å²) in [6, 6.07) is 16.4. The molecule has 0 radical (unpaired) electrons. The zero-order valence-electron chi connectivity index (χ0n) is 11.6. The predicted octanol–water partition coefficient (Wildman–Crippen LogP) is 4.31. The largest absolute Gasteiger partial charge is 0.360 e. The highest BCUT2D eigenvalue weighted by Gasteiger charge is 2.29. The predicted molar refractivity (Wildman–Crippen MR) is 89.6 cm³/mol. The van der Waals surface area contributed by atoms with Gasteiger partial charge in [0.1, 0.15) is 6.29 Å². The van der Waals surface area contributed by atoms with E-state index in [0.717, 1.165) is 29.4 Å². The van der Waals surface area contributed by atoms with Crippen LogP contribution in [0.1, 0.15) is 17.2 Å². The van der Waals surface area contributed by atoms with Crippen LogP contribution >= 0.6 is 15.9 Å². The van der Waals surface area contributed by atoms with Crippen LogP contribution in [0.25, 0.3) is 0 Å². The number of carbonyl (C=O) groups is 1. The molecule has 2 aromatic rings. The monoisotopic (exact) mass is 341 g/mol. The molecule has 21 heavy (non-hydrogen) atoms. The van der Waals surface area contributed by atoms with Gasteiger partial charge in [-0.1, -0.05) is 46.8 Å². The van der Waals surface area contributed by atoms with E-state index >= 15 is 0 Å².